The number of fused-ring (bicyclic) bond motifs is 3. The zero-order valence-electron chi connectivity index (χ0n) is 12.7. The minimum Gasteiger partial charge on any atom is -0.326 e. The van der Waals surface area contributed by atoms with E-state index in [0.717, 1.165) is 38.9 Å². The van der Waals surface area contributed by atoms with Gasteiger partial charge in [-0.25, -0.2) is 4.98 Å². The molecule has 6 heteroatoms. The van der Waals surface area contributed by atoms with E-state index < -0.39 is 0 Å². The van der Waals surface area contributed by atoms with Gasteiger partial charge in [-0.1, -0.05) is 12.1 Å². The number of anilines is 1. The largest absolute Gasteiger partial charge is 0.326 e. The zero-order chi connectivity index (χ0) is 16.1. The number of para-hydroxylation sites is 2. The number of carbonyl (C=O) groups is 1. The molecule has 1 aliphatic rings. The fraction of sp³-hybridized carbons (Fsp3) is 0.111. The maximum Gasteiger partial charge on any atom is 0.225 e. The van der Waals surface area contributed by atoms with E-state index in [1.807, 2.05) is 30.3 Å². The topological polar surface area (TPSA) is 83.6 Å². The molecule has 0 saturated carbocycles. The molecule has 5 rings (SSSR count). The van der Waals surface area contributed by atoms with Crippen molar-refractivity contribution in [1.29, 1.82) is 0 Å². The molecule has 1 amide bonds. The molecular formula is C18H13N5O. The molecule has 1 atom stereocenters. The van der Waals surface area contributed by atoms with Gasteiger partial charge in [-0.15, -0.1) is 0 Å². The van der Waals surface area contributed by atoms with E-state index in [0.29, 0.717) is 6.42 Å². The van der Waals surface area contributed by atoms with Crippen molar-refractivity contribution in [2.24, 2.45) is 0 Å². The number of nitrogens with zero attached hydrogens (tertiary/aromatic N) is 3. The van der Waals surface area contributed by atoms with Crippen LogP contribution in [0.2, 0.25) is 0 Å². The summed E-state index contributed by atoms with van der Waals surface area (Å²) in [4.78, 5) is 21.4. The summed E-state index contributed by atoms with van der Waals surface area (Å²) in [5.41, 5.74) is 5.27. The summed E-state index contributed by atoms with van der Waals surface area (Å²) in [6.07, 6.45) is 3.92. The second-order valence-corrected chi connectivity index (χ2v) is 5.99. The average Bonchev–Trinajstić information content (AvgIpc) is 3.06. The van der Waals surface area contributed by atoms with E-state index >= 15 is 0 Å². The quantitative estimate of drug-likeness (QED) is 0.565. The van der Waals surface area contributed by atoms with Crippen molar-refractivity contribution in [1.82, 2.24) is 20.2 Å². The molecule has 0 radical (unpaired) electrons. The first-order chi connectivity index (χ1) is 11.8. The Bertz CT molecular complexity index is 1100. The Labute approximate surface area is 136 Å². The summed E-state index contributed by atoms with van der Waals surface area (Å²) in [5, 5.41) is 11.0. The molecule has 0 spiro atoms. The van der Waals surface area contributed by atoms with Crippen molar-refractivity contribution in [2.75, 3.05) is 5.32 Å². The molecule has 2 aromatic carbocycles. The lowest BCUT2D eigenvalue weighted by Crippen LogP contribution is -2.24. The minimum absolute atomic E-state index is 0.0127. The van der Waals surface area contributed by atoms with Crippen molar-refractivity contribution in [3.05, 3.63) is 60.0 Å². The molecule has 0 bridgehead atoms. The Morgan fingerprint density at radius 2 is 1.96 bits per heavy atom. The maximum atomic E-state index is 12.2. The van der Waals surface area contributed by atoms with Gasteiger partial charge in [0.15, 0.2) is 0 Å². The SMILES string of the molecule is O=C1C[C@H](c2cnc3ccccc3n2)c2cc3cn[nH]c3cc2N1. The fourth-order valence-electron chi connectivity index (χ4n) is 3.31. The first kappa shape index (κ1) is 13.2. The molecule has 0 fully saturated rings. The van der Waals surface area contributed by atoms with Gasteiger partial charge >= 0.3 is 0 Å². The van der Waals surface area contributed by atoms with Crippen molar-refractivity contribution in [3.8, 4) is 0 Å². The minimum atomic E-state index is -0.106. The van der Waals surface area contributed by atoms with Gasteiger partial charge in [0.1, 0.15) is 0 Å². The van der Waals surface area contributed by atoms with E-state index in [9.17, 15) is 4.79 Å². The number of hydrogen-bond donors (Lipinski definition) is 2. The molecule has 0 unspecified atom stereocenters. The molecule has 24 heavy (non-hydrogen) atoms. The monoisotopic (exact) mass is 315 g/mol. The van der Waals surface area contributed by atoms with E-state index in [1.54, 1.807) is 12.4 Å². The summed E-state index contributed by atoms with van der Waals surface area (Å²) in [6.45, 7) is 0. The van der Waals surface area contributed by atoms with Gasteiger partial charge in [0.25, 0.3) is 0 Å². The van der Waals surface area contributed by atoms with E-state index in [-0.39, 0.29) is 11.8 Å². The lowest BCUT2D eigenvalue weighted by molar-refractivity contribution is -0.116. The van der Waals surface area contributed by atoms with Crippen molar-refractivity contribution >= 4 is 33.5 Å². The summed E-state index contributed by atoms with van der Waals surface area (Å²) in [7, 11) is 0. The summed E-state index contributed by atoms with van der Waals surface area (Å²) < 4.78 is 0. The molecule has 2 N–H and O–H groups in total. The van der Waals surface area contributed by atoms with Crippen LogP contribution in [0.1, 0.15) is 23.6 Å². The number of amides is 1. The molecule has 2 aromatic heterocycles. The molecule has 1 aliphatic heterocycles. The Hall–Kier alpha value is -3.28. The van der Waals surface area contributed by atoms with Gasteiger partial charge in [-0.05, 0) is 29.8 Å². The number of nitrogens with one attached hydrogen (secondary N) is 2. The molecule has 0 aliphatic carbocycles. The van der Waals surface area contributed by atoms with Crippen LogP contribution in [-0.4, -0.2) is 26.1 Å². The predicted octanol–water partition coefficient (Wildman–Crippen LogP) is 2.98. The third kappa shape index (κ3) is 1.96. The average molecular weight is 315 g/mol. The van der Waals surface area contributed by atoms with Crippen LogP contribution in [-0.2, 0) is 4.79 Å². The summed E-state index contributed by atoms with van der Waals surface area (Å²) in [5.74, 6) is -0.119. The standard InChI is InChI=1S/C18H13N5O/c24-18-6-12(17-9-19-13-3-1-2-4-14(13)21-17)11-5-10-8-20-23-15(10)7-16(11)22-18/h1-5,7-9,12H,6H2,(H,20,23)(H,22,24)/t12-/m0/s1. The van der Waals surface area contributed by atoms with Crippen molar-refractivity contribution < 1.29 is 4.79 Å². The van der Waals surface area contributed by atoms with Gasteiger partial charge in [0, 0.05) is 29.6 Å². The van der Waals surface area contributed by atoms with E-state index in [4.69, 9.17) is 4.98 Å². The van der Waals surface area contributed by atoms with Gasteiger partial charge in [-0.2, -0.15) is 5.10 Å². The Morgan fingerprint density at radius 3 is 2.88 bits per heavy atom. The second-order valence-electron chi connectivity index (χ2n) is 5.99. The summed E-state index contributed by atoms with van der Waals surface area (Å²) >= 11 is 0. The predicted molar refractivity (Wildman–Crippen MR) is 90.7 cm³/mol. The number of H-pyrrole nitrogens is 1. The Balaban J connectivity index is 1.71. The van der Waals surface area contributed by atoms with Crippen LogP contribution in [0, 0.1) is 0 Å². The normalized spacial score (nSPS) is 17.0. The number of aromatic amines is 1. The second kappa shape index (κ2) is 4.86. The smallest absolute Gasteiger partial charge is 0.225 e. The number of aromatic nitrogens is 4. The van der Waals surface area contributed by atoms with Crippen LogP contribution in [0.4, 0.5) is 5.69 Å². The van der Waals surface area contributed by atoms with Crippen molar-refractivity contribution in [2.45, 2.75) is 12.3 Å². The fourth-order valence-corrected chi connectivity index (χ4v) is 3.31. The van der Waals surface area contributed by atoms with Crippen LogP contribution in [0.3, 0.4) is 0 Å². The van der Waals surface area contributed by atoms with Gasteiger partial charge in [0.05, 0.1) is 28.4 Å². The first-order valence-electron chi connectivity index (χ1n) is 7.76. The van der Waals surface area contributed by atoms with E-state index in [2.05, 4.69) is 26.6 Å². The van der Waals surface area contributed by atoms with Crippen LogP contribution in [0.5, 0.6) is 0 Å². The highest BCUT2D eigenvalue weighted by Crippen LogP contribution is 2.38. The first-order valence-corrected chi connectivity index (χ1v) is 7.76. The van der Waals surface area contributed by atoms with Crippen LogP contribution < -0.4 is 5.32 Å². The highest BCUT2D eigenvalue weighted by Gasteiger charge is 2.28. The highest BCUT2D eigenvalue weighted by molar-refractivity contribution is 5.98. The number of rotatable bonds is 1. The van der Waals surface area contributed by atoms with Crippen LogP contribution >= 0.6 is 0 Å². The third-order valence-electron chi connectivity index (χ3n) is 4.47. The highest BCUT2D eigenvalue weighted by atomic mass is 16.1. The van der Waals surface area contributed by atoms with Gasteiger partial charge in [-0.3, -0.25) is 14.9 Å². The Morgan fingerprint density at radius 1 is 1.08 bits per heavy atom. The lowest BCUT2D eigenvalue weighted by Gasteiger charge is -2.25. The van der Waals surface area contributed by atoms with Crippen LogP contribution in [0.15, 0.2) is 48.8 Å². The molecule has 6 nitrogen and oxygen atoms in total. The maximum absolute atomic E-state index is 12.2. The van der Waals surface area contributed by atoms with E-state index in [1.165, 1.54) is 0 Å². The van der Waals surface area contributed by atoms with Crippen molar-refractivity contribution in [3.63, 3.8) is 0 Å². The molecule has 3 heterocycles. The summed E-state index contributed by atoms with van der Waals surface area (Å²) in [6, 6.07) is 11.7. The van der Waals surface area contributed by atoms with Gasteiger partial charge in [0.2, 0.25) is 5.91 Å². The number of carbonyl (C=O) groups excluding carboxylic acids is 1. The zero-order valence-corrected chi connectivity index (χ0v) is 12.7. The number of benzene rings is 2. The molecule has 4 aromatic rings. The third-order valence-corrected chi connectivity index (χ3v) is 4.47. The Kier molecular flexibility index (Phi) is 2.67. The number of hydrogen-bond acceptors (Lipinski definition) is 4. The molecule has 116 valence electrons. The molecular weight excluding hydrogens is 302 g/mol. The molecule has 0 saturated heterocycles. The van der Waals surface area contributed by atoms with Gasteiger partial charge < -0.3 is 5.32 Å². The lowest BCUT2D eigenvalue weighted by atomic mass is 9.87. The van der Waals surface area contributed by atoms with Crippen LogP contribution in [0.25, 0.3) is 21.9 Å².